The summed E-state index contributed by atoms with van der Waals surface area (Å²) in [4.78, 5) is 76.1. The fourth-order valence-electron chi connectivity index (χ4n) is 14.8. The van der Waals surface area contributed by atoms with Crippen LogP contribution in [0.1, 0.15) is 169 Å². The average Bonchev–Trinajstić information content (AvgIpc) is 4.31. The molecule has 2 aromatic heterocycles. The molecule has 19 heteroatoms. The Morgan fingerprint density at radius 1 is 0.584 bits per heavy atom. The summed E-state index contributed by atoms with van der Waals surface area (Å²) in [6.45, 7) is 8.50. The molecule has 0 bridgehead atoms. The van der Waals surface area contributed by atoms with Gasteiger partial charge in [0.05, 0.1) is 48.4 Å². The number of halogens is 4. The zero-order valence-corrected chi connectivity index (χ0v) is 44.8. The first kappa shape index (κ1) is 52.6. The predicted octanol–water partition coefficient (Wildman–Crippen LogP) is 11.1. The van der Waals surface area contributed by atoms with E-state index < -0.39 is 77.4 Å². The number of piperidine rings is 1. The minimum absolute atomic E-state index is 0.0553. The highest BCUT2D eigenvalue weighted by Gasteiger charge is 2.52. The number of alkyl carbamates (subject to hydrolysis) is 2. The molecule has 6 fully saturated rings. The molecule has 0 spiro atoms. The van der Waals surface area contributed by atoms with Crippen LogP contribution in [0, 0.1) is 46.9 Å². The summed E-state index contributed by atoms with van der Waals surface area (Å²) in [6.07, 6.45) is 8.62. The van der Waals surface area contributed by atoms with Crippen molar-refractivity contribution in [1.82, 2.24) is 40.4 Å². The molecule has 3 aromatic carbocycles. The topological polar surface area (TPSA) is 178 Å². The highest BCUT2D eigenvalue weighted by molar-refractivity contribution is 5.88. The second-order valence-corrected chi connectivity index (χ2v) is 23.4. The first-order chi connectivity index (χ1) is 37.0. The maximum atomic E-state index is 17.1. The van der Waals surface area contributed by atoms with E-state index in [1.165, 1.54) is 38.5 Å². The van der Waals surface area contributed by atoms with Crippen LogP contribution in [-0.2, 0) is 19.1 Å². The summed E-state index contributed by atoms with van der Waals surface area (Å²) >= 11 is 0. The molecule has 3 aliphatic heterocycles. The van der Waals surface area contributed by atoms with Crippen LogP contribution in [0.3, 0.4) is 0 Å². The van der Waals surface area contributed by atoms with Crippen molar-refractivity contribution in [2.45, 2.75) is 165 Å². The number of ether oxygens (including phenoxy) is 2. The van der Waals surface area contributed by atoms with E-state index in [0.29, 0.717) is 72.5 Å². The number of nitrogens with zero attached hydrogens (tertiary/aromatic N) is 5. The molecular weight excluding hydrogens is 995 g/mol. The molecule has 6 aliphatic rings. The molecule has 5 aromatic rings. The summed E-state index contributed by atoms with van der Waals surface area (Å²) in [6, 6.07) is 6.11. The second-order valence-electron chi connectivity index (χ2n) is 23.4. The maximum absolute atomic E-state index is 17.1. The third-order valence-corrected chi connectivity index (χ3v) is 18.4. The zero-order valence-electron chi connectivity index (χ0n) is 44.8. The third-order valence-electron chi connectivity index (χ3n) is 18.4. The van der Waals surface area contributed by atoms with Crippen molar-refractivity contribution in [2.24, 2.45) is 23.7 Å². The van der Waals surface area contributed by atoms with Crippen molar-refractivity contribution in [2.75, 3.05) is 32.2 Å². The number of amides is 4. The summed E-state index contributed by atoms with van der Waals surface area (Å²) in [7, 11) is 2.51. The number of methoxy groups -OCH3 is 2. The summed E-state index contributed by atoms with van der Waals surface area (Å²) < 4.78 is 77.2. The highest BCUT2D eigenvalue weighted by atomic mass is 19.1. The number of hydrogen-bond acceptors (Lipinski definition) is 9. The normalized spacial score (nSPS) is 26.3. The van der Waals surface area contributed by atoms with Crippen molar-refractivity contribution in [3.63, 3.8) is 0 Å². The largest absolute Gasteiger partial charge is 0.453 e. The van der Waals surface area contributed by atoms with Gasteiger partial charge in [0.1, 0.15) is 52.7 Å². The Balaban J connectivity index is 0.957. The van der Waals surface area contributed by atoms with Gasteiger partial charge in [-0.05, 0) is 165 Å². The number of anilines is 1. The number of aromatic nitrogens is 4. The number of imidazole rings is 2. The van der Waals surface area contributed by atoms with Crippen LogP contribution in [-0.4, -0.2) is 105 Å². The number of nitrogens with one attached hydrogen (secondary N) is 4. The fraction of sp³-hybridized carbons (Fsp3) is 0.586. The molecule has 10 atom stereocenters. The molecule has 0 unspecified atom stereocenters. The van der Waals surface area contributed by atoms with E-state index in [-0.39, 0.29) is 69.9 Å². The SMILES string of the molecule is COC(=O)N[C@H](C(=O)N1[C@H](c2nc3cc([C@H]4CC[C@H](c5cc6nc([C@@H]7C[C@@H]8CCC[C@@H]8N7C(=O)[C@@H](NC(=O)OC)C(C)C)[nH]c6cc5F)C4c4cc(F)c(N5CCCCC5)c(F)c4)c(F)cc3[nH]2)C[C@@H]2CCC[C@@H]21)C(C)C. The smallest absolute Gasteiger partial charge is 0.407 e. The minimum atomic E-state index is -0.844. The van der Waals surface area contributed by atoms with E-state index in [0.717, 1.165) is 57.8 Å². The lowest BCUT2D eigenvalue weighted by Gasteiger charge is -2.33. The van der Waals surface area contributed by atoms with Gasteiger partial charge in [0.25, 0.3) is 0 Å². The molecule has 412 valence electrons. The molecule has 4 amide bonds. The van der Waals surface area contributed by atoms with Crippen LogP contribution in [0.5, 0.6) is 0 Å². The Hall–Kier alpha value is -6.40. The van der Waals surface area contributed by atoms with Gasteiger partial charge in [-0.1, -0.05) is 40.5 Å². The van der Waals surface area contributed by atoms with E-state index in [1.54, 1.807) is 17.0 Å². The summed E-state index contributed by atoms with van der Waals surface area (Å²) in [5.74, 6) is -4.19. The lowest BCUT2D eigenvalue weighted by Crippen LogP contribution is -2.53. The van der Waals surface area contributed by atoms with Gasteiger partial charge in [0.2, 0.25) is 11.8 Å². The van der Waals surface area contributed by atoms with Gasteiger partial charge in [-0.25, -0.2) is 37.1 Å². The van der Waals surface area contributed by atoms with Gasteiger partial charge in [-0.15, -0.1) is 0 Å². The molecule has 11 rings (SSSR count). The Morgan fingerprint density at radius 3 is 1.44 bits per heavy atom. The number of carbonyl (C=O) groups excluding carboxylic acids is 4. The molecule has 3 saturated carbocycles. The van der Waals surface area contributed by atoms with E-state index in [1.807, 2.05) is 37.5 Å². The van der Waals surface area contributed by atoms with E-state index in [9.17, 15) is 19.2 Å². The number of carbonyl (C=O) groups is 4. The maximum Gasteiger partial charge on any atom is 0.407 e. The number of likely N-dealkylation sites (tertiary alicyclic amines) is 2. The number of H-pyrrole nitrogens is 2. The second kappa shape index (κ2) is 21.1. The Morgan fingerprint density at radius 2 is 1.03 bits per heavy atom. The van der Waals surface area contributed by atoms with Crippen LogP contribution in [0.4, 0.5) is 32.8 Å². The fourth-order valence-corrected chi connectivity index (χ4v) is 14.8. The van der Waals surface area contributed by atoms with Gasteiger partial charge >= 0.3 is 12.2 Å². The van der Waals surface area contributed by atoms with E-state index in [4.69, 9.17) is 19.4 Å². The van der Waals surface area contributed by atoms with Gasteiger partial charge < -0.3 is 44.8 Å². The summed E-state index contributed by atoms with van der Waals surface area (Å²) in [5.41, 5.74) is 2.50. The van der Waals surface area contributed by atoms with Crippen LogP contribution >= 0.6 is 0 Å². The van der Waals surface area contributed by atoms with Crippen LogP contribution < -0.4 is 15.5 Å². The molecule has 3 aliphatic carbocycles. The highest BCUT2D eigenvalue weighted by Crippen LogP contribution is 2.57. The minimum Gasteiger partial charge on any atom is -0.453 e. The number of aromatic amines is 2. The Kier molecular flexibility index (Phi) is 14.4. The van der Waals surface area contributed by atoms with Crippen molar-refractivity contribution in [3.8, 4) is 0 Å². The first-order valence-electron chi connectivity index (χ1n) is 28.0. The van der Waals surface area contributed by atoms with Crippen LogP contribution in [0.2, 0.25) is 0 Å². The lowest BCUT2D eigenvalue weighted by molar-refractivity contribution is -0.138. The third kappa shape index (κ3) is 9.54. The molecule has 4 N–H and O–H groups in total. The lowest BCUT2D eigenvalue weighted by atomic mass is 9.77. The van der Waals surface area contributed by atoms with Gasteiger partial charge in [0.15, 0.2) is 0 Å². The van der Waals surface area contributed by atoms with E-state index >= 15 is 17.6 Å². The number of benzene rings is 3. The van der Waals surface area contributed by atoms with Crippen molar-refractivity contribution in [1.29, 1.82) is 0 Å². The van der Waals surface area contributed by atoms with E-state index in [2.05, 4.69) is 20.6 Å². The number of hydrogen-bond donors (Lipinski definition) is 4. The first-order valence-corrected chi connectivity index (χ1v) is 28.0. The monoisotopic (exact) mass is 1070 g/mol. The molecule has 0 radical (unpaired) electrons. The van der Waals surface area contributed by atoms with Gasteiger partial charge in [0, 0.05) is 25.2 Å². The molecule has 77 heavy (non-hydrogen) atoms. The van der Waals surface area contributed by atoms with Gasteiger partial charge in [-0.2, -0.15) is 0 Å². The molecular formula is C58H71F4N9O6. The Bertz CT molecular complexity index is 2900. The van der Waals surface area contributed by atoms with Gasteiger partial charge in [-0.3, -0.25) is 9.59 Å². The van der Waals surface area contributed by atoms with Crippen LogP contribution in [0.25, 0.3) is 22.1 Å². The average molecular weight is 1070 g/mol. The van der Waals surface area contributed by atoms with Crippen molar-refractivity contribution in [3.05, 3.63) is 88.0 Å². The predicted molar refractivity (Wildman–Crippen MR) is 281 cm³/mol. The molecule has 15 nitrogen and oxygen atoms in total. The zero-order chi connectivity index (χ0) is 54.1. The molecule has 3 saturated heterocycles. The Labute approximate surface area is 446 Å². The van der Waals surface area contributed by atoms with Crippen molar-refractivity contribution < 1.29 is 46.2 Å². The summed E-state index contributed by atoms with van der Waals surface area (Å²) in [5, 5.41) is 5.48. The quantitative estimate of drug-likeness (QED) is 0.0885. The standard InChI is InChI=1S/C58H71F4N9O6/c1-28(2)50(67-57(74)76-5)55(72)70-45-14-10-12-30(45)22-47(70)53-63-41-24-35(37(59)26-43(41)65-53)33-16-17-34(49(33)32-20-39(61)52(40(62)21-32)69-18-8-7-9-19-69)36-25-42-44(27-38(36)60)66-54(64-42)48-23-31-13-11-15-46(31)71(48)56(73)51(29(3)4)68-58(75)77-6/h20-21,24-31,33-34,45-51H,7-19,22-23H2,1-6H3,(H,63,65)(H,64,66)(H,67,74)(H,68,75)/t30-,31-,33+,34+,45-,46-,47-,48-,50-,51-/m0/s1. The van der Waals surface area contributed by atoms with Crippen molar-refractivity contribution >= 4 is 51.8 Å². The number of rotatable bonds is 12. The molecule has 5 heterocycles. The van der Waals surface area contributed by atoms with Crippen LogP contribution in [0.15, 0.2) is 36.4 Å². The number of fused-ring (bicyclic) bond motifs is 4.